The number of aromatic nitrogens is 6. The fourth-order valence-corrected chi connectivity index (χ4v) is 2.64. The van der Waals surface area contributed by atoms with Gasteiger partial charge in [-0.25, -0.2) is 9.67 Å². The Morgan fingerprint density at radius 2 is 2.15 bits per heavy atom. The van der Waals surface area contributed by atoms with Crippen LogP contribution in [0.4, 0.5) is 0 Å². The first-order valence-electron chi connectivity index (χ1n) is 6.03. The number of H-pyrrole nitrogens is 1. The molecular weight excluding hydrogens is 276 g/mol. The highest BCUT2D eigenvalue weighted by atomic mass is 32.2. The molecule has 3 rings (SSSR count). The molecule has 1 atom stereocenters. The maximum absolute atomic E-state index is 12.0. The van der Waals surface area contributed by atoms with Crippen LogP contribution in [-0.2, 0) is 7.05 Å². The molecule has 0 bridgehead atoms. The fourth-order valence-electron chi connectivity index (χ4n) is 1.83. The minimum atomic E-state index is -0.130. The van der Waals surface area contributed by atoms with Gasteiger partial charge in [-0.1, -0.05) is 23.9 Å². The zero-order chi connectivity index (χ0) is 14.1. The van der Waals surface area contributed by atoms with Crippen molar-refractivity contribution in [2.45, 2.75) is 17.3 Å². The number of thioether (sulfide) groups is 1. The minimum absolute atomic E-state index is 0.0583. The Labute approximate surface area is 118 Å². The van der Waals surface area contributed by atoms with Crippen molar-refractivity contribution in [3.8, 4) is 0 Å². The topological polar surface area (TPSA) is 89.3 Å². The molecule has 0 spiro atoms. The third-order valence-corrected chi connectivity index (χ3v) is 4.01. The molecule has 8 heteroatoms. The van der Waals surface area contributed by atoms with E-state index in [1.807, 2.05) is 25.1 Å². The van der Waals surface area contributed by atoms with Crippen LogP contribution >= 0.6 is 11.8 Å². The molecule has 0 saturated heterocycles. The summed E-state index contributed by atoms with van der Waals surface area (Å²) in [7, 11) is 1.77. The summed E-state index contributed by atoms with van der Waals surface area (Å²) in [6.07, 6.45) is 0. The van der Waals surface area contributed by atoms with Crippen molar-refractivity contribution in [2.75, 3.05) is 0 Å². The van der Waals surface area contributed by atoms with Gasteiger partial charge in [0.2, 0.25) is 5.16 Å². The summed E-state index contributed by atoms with van der Waals surface area (Å²) in [4.78, 5) is 19.3. The number of fused-ring (bicyclic) bond motifs is 1. The third-order valence-electron chi connectivity index (χ3n) is 2.88. The molecule has 0 unspecified atom stereocenters. The smallest absolute Gasteiger partial charge is 0.258 e. The van der Waals surface area contributed by atoms with Crippen LogP contribution in [0.3, 0.4) is 0 Å². The molecule has 1 aromatic carbocycles. The summed E-state index contributed by atoms with van der Waals surface area (Å²) in [5.41, 5.74) is 0.559. The zero-order valence-corrected chi connectivity index (χ0v) is 11.8. The molecule has 0 aliphatic rings. The molecular formula is C12H12N6OS. The first-order chi connectivity index (χ1) is 9.65. The average molecular weight is 288 g/mol. The molecule has 7 nitrogen and oxygen atoms in total. The van der Waals surface area contributed by atoms with Gasteiger partial charge in [-0.3, -0.25) is 4.79 Å². The van der Waals surface area contributed by atoms with Crippen LogP contribution in [0.25, 0.3) is 10.9 Å². The Hall–Kier alpha value is -2.22. The van der Waals surface area contributed by atoms with Crippen LogP contribution in [-0.4, -0.2) is 30.2 Å². The molecule has 102 valence electrons. The van der Waals surface area contributed by atoms with Crippen LogP contribution in [0.1, 0.15) is 18.0 Å². The summed E-state index contributed by atoms with van der Waals surface area (Å²) in [6.45, 7) is 1.95. The Morgan fingerprint density at radius 3 is 2.90 bits per heavy atom. The van der Waals surface area contributed by atoms with E-state index in [0.717, 1.165) is 0 Å². The van der Waals surface area contributed by atoms with Crippen molar-refractivity contribution in [1.82, 2.24) is 30.2 Å². The first-order valence-corrected chi connectivity index (χ1v) is 6.91. The van der Waals surface area contributed by atoms with E-state index in [0.29, 0.717) is 21.9 Å². The molecule has 3 aromatic rings. The number of para-hydroxylation sites is 1. The van der Waals surface area contributed by atoms with Crippen molar-refractivity contribution < 1.29 is 0 Å². The predicted molar refractivity (Wildman–Crippen MR) is 75.4 cm³/mol. The lowest BCUT2D eigenvalue weighted by atomic mass is 10.2. The Balaban J connectivity index is 1.98. The van der Waals surface area contributed by atoms with E-state index in [2.05, 4.69) is 25.5 Å². The number of rotatable bonds is 3. The van der Waals surface area contributed by atoms with Gasteiger partial charge in [0.1, 0.15) is 5.82 Å². The summed E-state index contributed by atoms with van der Waals surface area (Å²) in [5.74, 6) is 0.613. The van der Waals surface area contributed by atoms with E-state index in [-0.39, 0.29) is 10.8 Å². The molecule has 0 radical (unpaired) electrons. The van der Waals surface area contributed by atoms with Crippen LogP contribution in [0.15, 0.2) is 34.2 Å². The Bertz CT molecular complexity index is 811. The van der Waals surface area contributed by atoms with Gasteiger partial charge in [0, 0.05) is 7.05 Å². The second-order valence-electron chi connectivity index (χ2n) is 4.31. The SMILES string of the molecule is C[C@H](Sc1nnnn1C)c1nc2ccccc2c(=O)[nH]1. The van der Waals surface area contributed by atoms with Gasteiger partial charge >= 0.3 is 0 Å². The van der Waals surface area contributed by atoms with Crippen LogP contribution in [0.5, 0.6) is 0 Å². The number of hydrogen-bond acceptors (Lipinski definition) is 6. The molecule has 0 amide bonds. The van der Waals surface area contributed by atoms with Crippen molar-refractivity contribution >= 4 is 22.7 Å². The zero-order valence-electron chi connectivity index (χ0n) is 10.9. The summed E-state index contributed by atoms with van der Waals surface area (Å²) in [6, 6.07) is 7.27. The molecule has 0 aliphatic carbocycles. The van der Waals surface area contributed by atoms with E-state index >= 15 is 0 Å². The van der Waals surface area contributed by atoms with Gasteiger partial charge in [0.15, 0.2) is 0 Å². The first kappa shape index (κ1) is 12.8. The summed E-state index contributed by atoms with van der Waals surface area (Å²) >= 11 is 1.44. The second kappa shape index (κ2) is 5.04. The van der Waals surface area contributed by atoms with E-state index in [1.54, 1.807) is 17.8 Å². The number of nitrogens with one attached hydrogen (secondary N) is 1. The van der Waals surface area contributed by atoms with E-state index in [9.17, 15) is 4.79 Å². The lowest BCUT2D eigenvalue weighted by molar-refractivity contribution is 0.663. The Morgan fingerprint density at radius 1 is 1.35 bits per heavy atom. The van der Waals surface area contributed by atoms with E-state index < -0.39 is 0 Å². The highest BCUT2D eigenvalue weighted by Crippen LogP contribution is 2.30. The molecule has 0 aliphatic heterocycles. The van der Waals surface area contributed by atoms with Gasteiger partial charge in [-0.05, 0) is 29.5 Å². The molecule has 1 N–H and O–H groups in total. The highest BCUT2D eigenvalue weighted by Gasteiger charge is 2.15. The lowest BCUT2D eigenvalue weighted by Crippen LogP contribution is -2.13. The number of tetrazole rings is 1. The number of hydrogen-bond donors (Lipinski definition) is 1. The van der Waals surface area contributed by atoms with Crippen molar-refractivity contribution in [1.29, 1.82) is 0 Å². The third kappa shape index (κ3) is 2.29. The number of aryl methyl sites for hydroxylation is 1. The molecule has 2 heterocycles. The van der Waals surface area contributed by atoms with Gasteiger partial charge in [0.25, 0.3) is 5.56 Å². The maximum atomic E-state index is 12.0. The van der Waals surface area contributed by atoms with Crippen molar-refractivity contribution in [3.63, 3.8) is 0 Å². The van der Waals surface area contributed by atoms with Gasteiger partial charge in [-0.2, -0.15) is 0 Å². The average Bonchev–Trinajstić information content (AvgIpc) is 2.84. The number of aromatic amines is 1. The fraction of sp³-hybridized carbons (Fsp3) is 0.250. The standard InChI is InChI=1S/C12H12N6OS/c1-7(20-12-15-16-17-18(12)2)10-13-9-6-4-3-5-8(9)11(19)14-10/h3-7H,1-2H3,(H,13,14,19)/t7-/m0/s1. The van der Waals surface area contributed by atoms with Crippen LogP contribution in [0, 0.1) is 0 Å². The number of benzene rings is 1. The highest BCUT2D eigenvalue weighted by molar-refractivity contribution is 7.99. The molecule has 0 fully saturated rings. The van der Waals surface area contributed by atoms with E-state index in [4.69, 9.17) is 0 Å². The largest absolute Gasteiger partial charge is 0.309 e. The van der Waals surface area contributed by atoms with Crippen LogP contribution < -0.4 is 5.56 Å². The van der Waals surface area contributed by atoms with Gasteiger partial charge < -0.3 is 4.98 Å². The predicted octanol–water partition coefficient (Wildman–Crippen LogP) is 1.30. The normalized spacial score (nSPS) is 12.7. The van der Waals surface area contributed by atoms with E-state index in [1.165, 1.54) is 11.8 Å². The molecule has 20 heavy (non-hydrogen) atoms. The lowest BCUT2D eigenvalue weighted by Gasteiger charge is -2.09. The monoisotopic (exact) mass is 288 g/mol. The summed E-state index contributed by atoms with van der Waals surface area (Å²) < 4.78 is 1.58. The Kier molecular flexibility index (Phi) is 3.23. The number of nitrogens with zero attached hydrogens (tertiary/aromatic N) is 5. The van der Waals surface area contributed by atoms with Crippen molar-refractivity contribution in [3.05, 3.63) is 40.4 Å². The second-order valence-corrected chi connectivity index (χ2v) is 5.62. The quantitative estimate of drug-likeness (QED) is 0.731. The minimum Gasteiger partial charge on any atom is -0.309 e. The molecule has 2 aromatic heterocycles. The maximum Gasteiger partial charge on any atom is 0.258 e. The van der Waals surface area contributed by atoms with Crippen LogP contribution in [0.2, 0.25) is 0 Å². The molecule has 0 saturated carbocycles. The van der Waals surface area contributed by atoms with Gasteiger partial charge in [0.05, 0.1) is 16.2 Å². The summed E-state index contributed by atoms with van der Waals surface area (Å²) in [5, 5.41) is 12.5. The van der Waals surface area contributed by atoms with Gasteiger partial charge in [-0.15, -0.1) is 5.10 Å². The van der Waals surface area contributed by atoms with Crippen molar-refractivity contribution in [2.24, 2.45) is 7.05 Å².